The molecule has 0 bridgehead atoms. The number of benzene rings is 8. The minimum absolute atomic E-state index is 0.575. The zero-order valence-corrected chi connectivity index (χ0v) is 30.3. The highest BCUT2D eigenvalue weighted by Crippen LogP contribution is 2.45. The summed E-state index contributed by atoms with van der Waals surface area (Å²) in [6.45, 7) is 0. The SMILES string of the molecule is c1ccc(-c2nc(-c3ccccc3)nc(-c3ccc4c(c3)oc3c(-c5ccc(-c6ccc7oc8ccccc8c7c6)c6c5oc5ccccc56)cccc34)n2)cc1. The van der Waals surface area contributed by atoms with Crippen LogP contribution in [-0.4, -0.2) is 15.0 Å². The quantitative estimate of drug-likeness (QED) is 0.175. The number of hydrogen-bond acceptors (Lipinski definition) is 6. The molecule has 0 radical (unpaired) electrons. The van der Waals surface area contributed by atoms with Gasteiger partial charge in [-0.05, 0) is 53.6 Å². The zero-order valence-electron chi connectivity index (χ0n) is 30.3. The fraction of sp³-hybridized carbons (Fsp3) is 0. The van der Waals surface area contributed by atoms with Crippen molar-refractivity contribution in [2.24, 2.45) is 0 Å². The lowest BCUT2D eigenvalue weighted by Gasteiger charge is -2.09. The Morgan fingerprint density at radius 3 is 1.58 bits per heavy atom. The number of aromatic nitrogens is 3. The Morgan fingerprint density at radius 1 is 0.281 bits per heavy atom. The third-order valence-corrected chi connectivity index (χ3v) is 11.0. The summed E-state index contributed by atoms with van der Waals surface area (Å²) in [4.78, 5) is 14.8. The molecule has 0 saturated carbocycles. The van der Waals surface area contributed by atoms with Crippen LogP contribution in [0.4, 0.5) is 0 Å². The predicted octanol–water partition coefficient (Wildman–Crippen LogP) is 13.9. The van der Waals surface area contributed by atoms with Gasteiger partial charge in [0, 0.05) is 60.1 Å². The number of nitrogens with zero attached hydrogens (tertiary/aromatic N) is 3. The van der Waals surface area contributed by atoms with Gasteiger partial charge in [0.1, 0.15) is 33.5 Å². The van der Waals surface area contributed by atoms with Crippen molar-refractivity contribution in [2.45, 2.75) is 0 Å². The predicted molar refractivity (Wildman–Crippen MR) is 229 cm³/mol. The van der Waals surface area contributed by atoms with Crippen molar-refractivity contribution in [3.63, 3.8) is 0 Å². The third kappa shape index (κ3) is 5.01. The van der Waals surface area contributed by atoms with Gasteiger partial charge < -0.3 is 13.3 Å². The van der Waals surface area contributed by atoms with Gasteiger partial charge >= 0.3 is 0 Å². The molecular weight excluding hydrogens is 703 g/mol. The van der Waals surface area contributed by atoms with E-state index >= 15 is 0 Å². The monoisotopic (exact) mass is 731 g/mol. The molecule has 0 saturated heterocycles. The van der Waals surface area contributed by atoms with Gasteiger partial charge in [-0.3, -0.25) is 0 Å². The number of rotatable bonds is 5. The molecule has 0 atom stereocenters. The molecule has 0 unspecified atom stereocenters. The number of furan rings is 3. The third-order valence-electron chi connectivity index (χ3n) is 11.0. The first-order valence-corrected chi connectivity index (χ1v) is 18.9. The number of fused-ring (bicyclic) bond motifs is 9. The lowest BCUT2D eigenvalue weighted by atomic mass is 9.93. The van der Waals surface area contributed by atoms with Crippen LogP contribution in [0.15, 0.2) is 189 Å². The first-order chi connectivity index (χ1) is 28.2. The first kappa shape index (κ1) is 31.5. The van der Waals surface area contributed by atoms with Crippen molar-refractivity contribution in [1.82, 2.24) is 15.0 Å². The van der Waals surface area contributed by atoms with Gasteiger partial charge in [0.15, 0.2) is 17.5 Å². The minimum atomic E-state index is 0.575. The van der Waals surface area contributed by atoms with E-state index in [4.69, 9.17) is 28.2 Å². The lowest BCUT2D eigenvalue weighted by molar-refractivity contribution is 0.665. The molecule has 6 nitrogen and oxygen atoms in total. The van der Waals surface area contributed by atoms with Crippen LogP contribution in [0.2, 0.25) is 0 Å². The summed E-state index contributed by atoms with van der Waals surface area (Å²) < 4.78 is 19.7. The van der Waals surface area contributed by atoms with E-state index in [0.717, 1.165) is 105 Å². The van der Waals surface area contributed by atoms with Crippen LogP contribution in [0.3, 0.4) is 0 Å². The molecule has 8 aromatic carbocycles. The topological polar surface area (TPSA) is 78.1 Å². The van der Waals surface area contributed by atoms with Crippen molar-refractivity contribution < 1.29 is 13.3 Å². The maximum Gasteiger partial charge on any atom is 0.164 e. The lowest BCUT2D eigenvalue weighted by Crippen LogP contribution is -2.00. The maximum absolute atomic E-state index is 6.82. The second-order valence-corrected chi connectivity index (χ2v) is 14.3. The largest absolute Gasteiger partial charge is 0.456 e. The van der Waals surface area contributed by atoms with E-state index in [2.05, 4.69) is 84.9 Å². The van der Waals surface area contributed by atoms with Gasteiger partial charge in [-0.1, -0.05) is 133 Å². The summed E-state index contributed by atoms with van der Waals surface area (Å²) in [5.41, 5.74) is 11.7. The molecule has 0 amide bonds. The van der Waals surface area contributed by atoms with E-state index in [9.17, 15) is 0 Å². The Balaban J connectivity index is 1.03. The normalized spacial score (nSPS) is 11.9. The average molecular weight is 732 g/mol. The Bertz CT molecular complexity index is 3470. The molecule has 12 rings (SSSR count). The molecule has 0 N–H and O–H groups in total. The summed E-state index contributed by atoms with van der Waals surface area (Å²) in [7, 11) is 0. The summed E-state index contributed by atoms with van der Waals surface area (Å²) in [5, 5.41) is 6.33. The summed E-state index contributed by atoms with van der Waals surface area (Å²) in [6.07, 6.45) is 0. The molecule has 266 valence electrons. The number of para-hydroxylation sites is 3. The van der Waals surface area contributed by atoms with Crippen LogP contribution >= 0.6 is 0 Å². The minimum Gasteiger partial charge on any atom is -0.456 e. The van der Waals surface area contributed by atoms with Gasteiger partial charge in [-0.25, -0.2) is 15.0 Å². The van der Waals surface area contributed by atoms with Crippen molar-refractivity contribution >= 4 is 65.8 Å². The molecule has 0 spiro atoms. The highest BCUT2D eigenvalue weighted by molar-refractivity contribution is 6.19. The van der Waals surface area contributed by atoms with Crippen molar-refractivity contribution in [1.29, 1.82) is 0 Å². The van der Waals surface area contributed by atoms with E-state index in [1.54, 1.807) is 0 Å². The molecule has 4 heterocycles. The van der Waals surface area contributed by atoms with Crippen LogP contribution in [0, 0.1) is 0 Å². The van der Waals surface area contributed by atoms with E-state index in [1.807, 2.05) is 91.0 Å². The average Bonchev–Trinajstić information content (AvgIpc) is 3.98. The molecule has 4 aromatic heterocycles. The standard InChI is InChI=1S/C51H29N3O3/c1-3-12-30(13-4-1)49-52-50(31-14-5-2-6-15-31)54-51(53-49)33-22-24-36-37-18-11-19-38(47(37)57-45(36)29-33)39-26-25-34(46-40-17-8-10-21-43(40)56-48(39)46)32-23-27-44-41(28-32)35-16-7-9-20-42(35)55-44/h1-29H. The summed E-state index contributed by atoms with van der Waals surface area (Å²) in [6, 6.07) is 59.8. The Labute approximate surface area is 325 Å². The van der Waals surface area contributed by atoms with Crippen molar-refractivity contribution in [3.05, 3.63) is 176 Å². The number of hydrogen-bond donors (Lipinski definition) is 0. The second kappa shape index (κ2) is 12.3. The maximum atomic E-state index is 6.82. The van der Waals surface area contributed by atoms with E-state index < -0.39 is 0 Å². The van der Waals surface area contributed by atoms with Gasteiger partial charge in [-0.15, -0.1) is 0 Å². The fourth-order valence-electron chi connectivity index (χ4n) is 8.26. The van der Waals surface area contributed by atoms with Crippen LogP contribution in [0.5, 0.6) is 0 Å². The Hall–Kier alpha value is -7.83. The van der Waals surface area contributed by atoms with Crippen molar-refractivity contribution in [3.8, 4) is 56.4 Å². The fourth-order valence-corrected chi connectivity index (χ4v) is 8.26. The van der Waals surface area contributed by atoms with Gasteiger partial charge in [0.2, 0.25) is 0 Å². The molecule has 12 aromatic rings. The molecular formula is C51H29N3O3. The zero-order chi connectivity index (χ0) is 37.5. The van der Waals surface area contributed by atoms with Crippen LogP contribution < -0.4 is 0 Å². The highest BCUT2D eigenvalue weighted by atomic mass is 16.3. The molecule has 6 heteroatoms. The van der Waals surface area contributed by atoms with Gasteiger partial charge in [0.25, 0.3) is 0 Å². The molecule has 0 fully saturated rings. The van der Waals surface area contributed by atoms with Crippen LogP contribution in [0.25, 0.3) is 122 Å². The second-order valence-electron chi connectivity index (χ2n) is 14.3. The summed E-state index contributed by atoms with van der Waals surface area (Å²) >= 11 is 0. The Morgan fingerprint density at radius 2 is 0.825 bits per heavy atom. The van der Waals surface area contributed by atoms with Gasteiger partial charge in [-0.2, -0.15) is 0 Å². The molecule has 0 aliphatic rings. The molecule has 0 aliphatic carbocycles. The van der Waals surface area contributed by atoms with Crippen LogP contribution in [-0.2, 0) is 0 Å². The molecule has 57 heavy (non-hydrogen) atoms. The molecule has 0 aliphatic heterocycles. The van der Waals surface area contributed by atoms with Crippen molar-refractivity contribution in [2.75, 3.05) is 0 Å². The van der Waals surface area contributed by atoms with Gasteiger partial charge in [0.05, 0.1) is 0 Å². The van der Waals surface area contributed by atoms with E-state index in [1.165, 1.54) is 0 Å². The highest BCUT2D eigenvalue weighted by Gasteiger charge is 2.22. The van der Waals surface area contributed by atoms with E-state index in [-0.39, 0.29) is 0 Å². The Kier molecular flexibility index (Phi) is 6.83. The smallest absolute Gasteiger partial charge is 0.164 e. The van der Waals surface area contributed by atoms with E-state index in [0.29, 0.717) is 17.5 Å². The van der Waals surface area contributed by atoms with Crippen LogP contribution in [0.1, 0.15) is 0 Å². The first-order valence-electron chi connectivity index (χ1n) is 18.9. The summed E-state index contributed by atoms with van der Waals surface area (Å²) in [5.74, 6) is 1.80.